The van der Waals surface area contributed by atoms with E-state index in [-0.39, 0.29) is 41.5 Å². The first-order chi connectivity index (χ1) is 19.2. The third kappa shape index (κ3) is 4.98. The fraction of sp³-hybridized carbons (Fsp3) is 0.321. The van der Waals surface area contributed by atoms with Crippen LogP contribution in [-0.4, -0.2) is 68.1 Å². The van der Waals surface area contributed by atoms with Crippen LogP contribution in [0, 0.1) is 19.7 Å². The summed E-state index contributed by atoms with van der Waals surface area (Å²) in [5.74, 6) is -0.357. The lowest BCUT2D eigenvalue weighted by atomic mass is 10.1. The van der Waals surface area contributed by atoms with E-state index in [0.29, 0.717) is 30.2 Å². The Morgan fingerprint density at radius 1 is 1.20 bits per heavy atom. The number of benzene rings is 1. The average molecular weight is 547 g/mol. The van der Waals surface area contributed by atoms with E-state index in [1.54, 1.807) is 16.8 Å². The summed E-state index contributed by atoms with van der Waals surface area (Å²) >= 11 is 0. The molecule has 4 heterocycles. The molecule has 1 amide bonds. The molecule has 1 fully saturated rings. The molecule has 4 aromatic rings. The highest BCUT2D eigenvalue weighted by atomic mass is 19.1. The molecule has 1 saturated heterocycles. The number of anilines is 2. The molecule has 40 heavy (non-hydrogen) atoms. The number of nitrogens with two attached hydrogens (primary N) is 1. The number of hydrogen-bond donors (Lipinski definition) is 3. The Morgan fingerprint density at radius 3 is 2.70 bits per heavy atom. The molecular weight excluding hydrogens is 515 g/mol. The number of pyridine rings is 1. The van der Waals surface area contributed by atoms with Gasteiger partial charge in [-0.2, -0.15) is 5.10 Å². The quantitative estimate of drug-likeness (QED) is 0.319. The second-order valence-electron chi connectivity index (χ2n) is 9.76. The zero-order valence-electron chi connectivity index (χ0n) is 22.7. The molecule has 11 nitrogen and oxygen atoms in total. The molecule has 0 bridgehead atoms. The van der Waals surface area contributed by atoms with Crippen LogP contribution < -0.4 is 20.7 Å². The predicted molar refractivity (Wildman–Crippen MR) is 149 cm³/mol. The minimum atomic E-state index is -0.569. The Kier molecular flexibility index (Phi) is 7.46. The van der Waals surface area contributed by atoms with E-state index in [9.17, 15) is 14.3 Å². The predicted octanol–water partition coefficient (Wildman–Crippen LogP) is 2.85. The van der Waals surface area contributed by atoms with E-state index in [2.05, 4.69) is 20.4 Å². The van der Waals surface area contributed by atoms with Gasteiger partial charge < -0.3 is 25.8 Å². The van der Waals surface area contributed by atoms with Crippen molar-refractivity contribution in [2.24, 2.45) is 12.8 Å². The van der Waals surface area contributed by atoms with Crippen molar-refractivity contribution in [3.05, 3.63) is 65.5 Å². The highest BCUT2D eigenvalue weighted by Gasteiger charge is 2.33. The summed E-state index contributed by atoms with van der Waals surface area (Å²) in [5, 5.41) is 17.5. The van der Waals surface area contributed by atoms with Gasteiger partial charge in [0, 0.05) is 37.1 Å². The number of aliphatic hydroxyl groups excluding tert-OH is 1. The van der Waals surface area contributed by atoms with Crippen LogP contribution in [0.5, 0.6) is 5.75 Å². The Hall–Kier alpha value is -4.42. The molecule has 4 N–H and O–H groups in total. The minimum Gasteiger partial charge on any atom is -0.496 e. The highest BCUT2D eigenvalue weighted by Crippen LogP contribution is 2.35. The summed E-state index contributed by atoms with van der Waals surface area (Å²) in [5.41, 5.74) is 10.1. The molecule has 0 radical (unpaired) electrons. The molecule has 12 heteroatoms. The third-order valence-electron chi connectivity index (χ3n) is 7.13. The monoisotopic (exact) mass is 546 g/mol. The molecular formula is C28H31FN8O3. The fourth-order valence-corrected chi connectivity index (χ4v) is 5.12. The first-order valence-electron chi connectivity index (χ1n) is 12.8. The van der Waals surface area contributed by atoms with Crippen molar-refractivity contribution in [1.82, 2.24) is 24.7 Å². The van der Waals surface area contributed by atoms with E-state index in [1.807, 2.05) is 31.9 Å². The highest BCUT2D eigenvalue weighted by molar-refractivity contribution is 6.04. The smallest absolute Gasteiger partial charge is 0.274 e. The number of amides is 1. The van der Waals surface area contributed by atoms with Gasteiger partial charge in [-0.1, -0.05) is 6.07 Å². The molecule has 1 aromatic carbocycles. The summed E-state index contributed by atoms with van der Waals surface area (Å²) in [6.45, 7) is 4.23. The van der Waals surface area contributed by atoms with Crippen LogP contribution in [0.4, 0.5) is 15.9 Å². The first kappa shape index (κ1) is 27.2. The second-order valence-corrected chi connectivity index (χ2v) is 9.76. The topological polar surface area (TPSA) is 144 Å². The van der Waals surface area contributed by atoms with Crippen LogP contribution in [0.2, 0.25) is 0 Å². The zero-order valence-corrected chi connectivity index (χ0v) is 22.7. The summed E-state index contributed by atoms with van der Waals surface area (Å²) in [6.07, 6.45) is 1.97. The molecule has 0 unspecified atom stereocenters. The van der Waals surface area contributed by atoms with Gasteiger partial charge in [0.2, 0.25) is 0 Å². The largest absolute Gasteiger partial charge is 0.496 e. The number of ether oxygens (including phenoxy) is 1. The van der Waals surface area contributed by atoms with Crippen LogP contribution in [0.15, 0.2) is 42.6 Å². The van der Waals surface area contributed by atoms with Crippen molar-refractivity contribution in [1.29, 1.82) is 0 Å². The third-order valence-corrected chi connectivity index (χ3v) is 7.13. The van der Waals surface area contributed by atoms with Gasteiger partial charge >= 0.3 is 0 Å². The van der Waals surface area contributed by atoms with Gasteiger partial charge in [-0.25, -0.2) is 19.3 Å². The minimum absolute atomic E-state index is 0.0182. The van der Waals surface area contributed by atoms with Crippen molar-refractivity contribution >= 4 is 17.4 Å². The summed E-state index contributed by atoms with van der Waals surface area (Å²) in [4.78, 5) is 28.8. The standard InChI is InChI=1S/C28H31FN8O3/c1-15-24(16(2)36(3)35-15)20-8-9-21(27(33-20)37-13-17(30)12-18(37)14-38)34-28(39)22-10-11-31-26(32-22)25-19(29)6-5-7-23(25)40-4/h5-11,17-18,38H,12-14,30H2,1-4H3,(H,34,39)/t17-,18-/m0/s1. The molecule has 3 aromatic heterocycles. The van der Waals surface area contributed by atoms with Crippen LogP contribution in [0.1, 0.15) is 28.3 Å². The van der Waals surface area contributed by atoms with E-state index in [0.717, 1.165) is 17.0 Å². The molecule has 0 saturated carbocycles. The normalized spacial score (nSPS) is 16.8. The van der Waals surface area contributed by atoms with Gasteiger partial charge in [-0.3, -0.25) is 9.48 Å². The van der Waals surface area contributed by atoms with E-state index in [4.69, 9.17) is 15.5 Å². The van der Waals surface area contributed by atoms with Crippen molar-refractivity contribution in [3.8, 4) is 28.4 Å². The Balaban J connectivity index is 1.54. The molecule has 1 aliphatic rings. The molecule has 0 aliphatic carbocycles. The lowest BCUT2D eigenvalue weighted by molar-refractivity contribution is 0.102. The fourth-order valence-electron chi connectivity index (χ4n) is 5.12. The number of aromatic nitrogens is 5. The second kappa shape index (κ2) is 11.0. The van der Waals surface area contributed by atoms with E-state index in [1.165, 1.54) is 31.5 Å². The van der Waals surface area contributed by atoms with E-state index >= 15 is 0 Å². The lowest BCUT2D eigenvalue weighted by Gasteiger charge is -2.27. The number of rotatable bonds is 7. The molecule has 208 valence electrons. The molecule has 0 spiro atoms. The Bertz CT molecular complexity index is 1570. The summed E-state index contributed by atoms with van der Waals surface area (Å²) in [6, 6.07) is 8.99. The number of aliphatic hydroxyl groups is 1. The van der Waals surface area contributed by atoms with E-state index < -0.39 is 11.7 Å². The number of halogens is 1. The van der Waals surface area contributed by atoms with Crippen molar-refractivity contribution in [2.75, 3.05) is 30.5 Å². The van der Waals surface area contributed by atoms with Crippen LogP contribution in [0.3, 0.4) is 0 Å². The van der Waals surface area contributed by atoms with Gasteiger partial charge in [0.25, 0.3) is 5.91 Å². The first-order valence-corrected chi connectivity index (χ1v) is 12.8. The van der Waals surface area contributed by atoms with Gasteiger partial charge in [-0.05, 0) is 50.6 Å². The number of carbonyl (C=O) groups excluding carboxylic acids is 1. The van der Waals surface area contributed by atoms with Crippen LogP contribution in [0.25, 0.3) is 22.6 Å². The summed E-state index contributed by atoms with van der Waals surface area (Å²) < 4.78 is 21.7. The van der Waals surface area contributed by atoms with Crippen molar-refractivity contribution in [3.63, 3.8) is 0 Å². The number of nitrogens with one attached hydrogen (secondary N) is 1. The Morgan fingerprint density at radius 2 is 2.00 bits per heavy atom. The van der Waals surface area contributed by atoms with Crippen molar-refractivity contribution < 1.29 is 19.0 Å². The molecule has 5 rings (SSSR count). The number of aryl methyl sites for hydroxylation is 2. The molecule has 1 aliphatic heterocycles. The van der Waals surface area contributed by atoms with Crippen LogP contribution in [-0.2, 0) is 7.05 Å². The maximum atomic E-state index is 14.7. The maximum absolute atomic E-state index is 14.7. The summed E-state index contributed by atoms with van der Waals surface area (Å²) in [7, 11) is 3.29. The van der Waals surface area contributed by atoms with Gasteiger partial charge in [0.1, 0.15) is 17.3 Å². The number of carbonyl (C=O) groups is 1. The number of methoxy groups -OCH3 is 1. The number of nitrogens with zero attached hydrogens (tertiary/aromatic N) is 6. The lowest BCUT2D eigenvalue weighted by Crippen LogP contribution is -2.34. The van der Waals surface area contributed by atoms with Crippen LogP contribution >= 0.6 is 0 Å². The Labute approximate surface area is 230 Å². The van der Waals surface area contributed by atoms with Gasteiger partial charge in [0.15, 0.2) is 11.6 Å². The molecule has 2 atom stereocenters. The SMILES string of the molecule is COc1cccc(F)c1-c1nccc(C(=O)Nc2ccc(-c3c(C)nn(C)c3C)nc2N2C[C@@H](N)C[C@H]2CO)n1. The van der Waals surface area contributed by atoms with Gasteiger partial charge in [0.05, 0.1) is 42.4 Å². The average Bonchev–Trinajstić information content (AvgIpc) is 3.45. The maximum Gasteiger partial charge on any atom is 0.274 e. The number of hydrogen-bond acceptors (Lipinski definition) is 9. The van der Waals surface area contributed by atoms with Gasteiger partial charge in [-0.15, -0.1) is 0 Å². The van der Waals surface area contributed by atoms with Crippen molar-refractivity contribution in [2.45, 2.75) is 32.4 Å². The zero-order chi connectivity index (χ0) is 28.6.